The molecule has 2 N–H and O–H groups in total. The van der Waals surface area contributed by atoms with Crippen molar-refractivity contribution in [2.24, 2.45) is 5.14 Å². The van der Waals surface area contributed by atoms with Crippen LogP contribution in [-0.2, 0) is 10.0 Å². The molecule has 1 aromatic rings. The van der Waals surface area contributed by atoms with Crippen molar-refractivity contribution >= 4 is 21.6 Å². The maximum Gasteiger partial charge on any atom is 0.253 e. The van der Waals surface area contributed by atoms with Crippen molar-refractivity contribution in [3.8, 4) is 0 Å². The second-order valence-corrected chi connectivity index (χ2v) is 6.13. The lowest BCUT2D eigenvalue weighted by Gasteiger charge is -2.21. The molecular weight excluding hydrogens is 278 g/mol. The number of nitrogens with two attached hydrogens (primary N) is 1. The molecule has 0 aliphatic carbocycles. The number of amides is 1. The highest BCUT2D eigenvalue weighted by Crippen LogP contribution is 2.24. The van der Waals surface area contributed by atoms with Gasteiger partial charge in [-0.1, -0.05) is 0 Å². The summed E-state index contributed by atoms with van der Waals surface area (Å²) >= 11 is 0. The van der Waals surface area contributed by atoms with E-state index < -0.39 is 10.0 Å². The molecule has 20 heavy (non-hydrogen) atoms. The Hall–Kier alpha value is -1.60. The number of rotatable bonds is 5. The molecule has 7 heteroatoms. The molecule has 0 radical (unpaired) electrons. The fourth-order valence-electron chi connectivity index (χ4n) is 1.94. The third-order valence-corrected chi connectivity index (χ3v) is 3.99. The molecule has 0 saturated heterocycles. The van der Waals surface area contributed by atoms with Gasteiger partial charge in [0.2, 0.25) is 10.0 Å². The third-order valence-electron chi connectivity index (χ3n) is 3.05. The van der Waals surface area contributed by atoms with E-state index in [1.807, 2.05) is 13.8 Å². The Morgan fingerprint density at radius 3 is 2.15 bits per heavy atom. The van der Waals surface area contributed by atoms with E-state index in [4.69, 9.17) is 5.14 Å². The predicted molar refractivity (Wildman–Crippen MR) is 79.4 cm³/mol. The van der Waals surface area contributed by atoms with Crippen molar-refractivity contribution in [2.45, 2.75) is 18.7 Å². The quantitative estimate of drug-likeness (QED) is 0.875. The molecule has 0 atom stereocenters. The Bertz CT molecular complexity index is 593. The van der Waals surface area contributed by atoms with Crippen LogP contribution >= 0.6 is 0 Å². The van der Waals surface area contributed by atoms with Gasteiger partial charge in [0.25, 0.3) is 5.91 Å². The Morgan fingerprint density at radius 2 is 1.75 bits per heavy atom. The van der Waals surface area contributed by atoms with E-state index >= 15 is 0 Å². The Labute approximate surface area is 120 Å². The van der Waals surface area contributed by atoms with Crippen molar-refractivity contribution in [3.05, 3.63) is 23.8 Å². The standard InChI is InChI=1S/C13H21N3O3S/c1-5-16(6-2)13(17)10-7-8-11(15(3)4)12(9-10)20(14,18)19/h7-9H,5-6H2,1-4H3,(H2,14,18,19). The van der Waals surface area contributed by atoms with Crippen molar-refractivity contribution in [2.75, 3.05) is 32.1 Å². The Kier molecular flexibility index (Phi) is 5.13. The lowest BCUT2D eigenvalue weighted by Crippen LogP contribution is -2.31. The van der Waals surface area contributed by atoms with Crippen molar-refractivity contribution < 1.29 is 13.2 Å². The number of primary sulfonamides is 1. The van der Waals surface area contributed by atoms with Crippen molar-refractivity contribution in [1.82, 2.24) is 4.90 Å². The maximum absolute atomic E-state index is 12.2. The van der Waals surface area contributed by atoms with Gasteiger partial charge >= 0.3 is 0 Å². The van der Waals surface area contributed by atoms with Crippen LogP contribution in [0.15, 0.2) is 23.1 Å². The van der Waals surface area contributed by atoms with Crippen LogP contribution in [0.1, 0.15) is 24.2 Å². The van der Waals surface area contributed by atoms with Gasteiger partial charge in [-0.3, -0.25) is 4.79 Å². The summed E-state index contributed by atoms with van der Waals surface area (Å²) < 4.78 is 23.3. The SMILES string of the molecule is CCN(CC)C(=O)c1ccc(N(C)C)c(S(N)(=O)=O)c1. The monoisotopic (exact) mass is 299 g/mol. The van der Waals surface area contributed by atoms with E-state index in [1.165, 1.54) is 6.07 Å². The number of carbonyl (C=O) groups is 1. The molecule has 0 unspecified atom stereocenters. The van der Waals surface area contributed by atoms with Crippen LogP contribution < -0.4 is 10.0 Å². The molecule has 0 saturated carbocycles. The van der Waals surface area contributed by atoms with Gasteiger partial charge in [0.1, 0.15) is 4.90 Å². The molecule has 0 bridgehead atoms. The number of nitrogens with zero attached hydrogens (tertiary/aromatic N) is 2. The van der Waals surface area contributed by atoms with Gasteiger partial charge in [-0.05, 0) is 32.0 Å². The topological polar surface area (TPSA) is 83.7 Å². The molecule has 0 fully saturated rings. The van der Waals surface area contributed by atoms with Gasteiger partial charge in [0.05, 0.1) is 5.69 Å². The number of carbonyl (C=O) groups excluding carboxylic acids is 1. The zero-order valence-electron chi connectivity index (χ0n) is 12.3. The second kappa shape index (κ2) is 6.23. The summed E-state index contributed by atoms with van der Waals surface area (Å²) in [4.78, 5) is 15.5. The first-order chi connectivity index (χ1) is 9.22. The smallest absolute Gasteiger partial charge is 0.253 e. The highest BCUT2D eigenvalue weighted by molar-refractivity contribution is 7.89. The van der Waals surface area contributed by atoms with Gasteiger partial charge in [-0.2, -0.15) is 0 Å². The lowest BCUT2D eigenvalue weighted by atomic mass is 10.1. The summed E-state index contributed by atoms with van der Waals surface area (Å²) in [6, 6.07) is 4.55. The average molecular weight is 299 g/mol. The minimum Gasteiger partial charge on any atom is -0.377 e. The zero-order valence-corrected chi connectivity index (χ0v) is 13.1. The summed E-state index contributed by atoms with van der Waals surface area (Å²) in [6.07, 6.45) is 0. The van der Waals surface area contributed by atoms with Crippen LogP contribution in [0.2, 0.25) is 0 Å². The molecule has 112 valence electrons. The first kappa shape index (κ1) is 16.5. The average Bonchev–Trinajstić information content (AvgIpc) is 2.38. The summed E-state index contributed by atoms with van der Waals surface area (Å²) in [5, 5.41) is 5.23. The summed E-state index contributed by atoms with van der Waals surface area (Å²) in [5.41, 5.74) is 0.784. The number of hydrogen-bond acceptors (Lipinski definition) is 4. The van der Waals surface area contributed by atoms with E-state index in [-0.39, 0.29) is 10.8 Å². The summed E-state index contributed by atoms with van der Waals surface area (Å²) in [6.45, 7) is 4.87. The summed E-state index contributed by atoms with van der Waals surface area (Å²) in [5.74, 6) is -0.204. The van der Waals surface area contributed by atoms with Gasteiger partial charge in [0, 0.05) is 32.7 Å². The number of sulfonamides is 1. The van der Waals surface area contributed by atoms with Crippen LogP contribution in [0.4, 0.5) is 5.69 Å². The van der Waals surface area contributed by atoms with Crippen molar-refractivity contribution in [1.29, 1.82) is 0 Å². The van der Waals surface area contributed by atoms with Crippen LogP contribution in [0.25, 0.3) is 0 Å². The normalized spacial score (nSPS) is 11.2. The molecule has 0 aromatic heterocycles. The van der Waals surface area contributed by atoms with E-state index in [1.54, 1.807) is 36.0 Å². The molecule has 6 nitrogen and oxygen atoms in total. The molecule has 0 aliphatic heterocycles. The summed E-state index contributed by atoms with van der Waals surface area (Å²) in [7, 11) is -0.450. The van der Waals surface area contributed by atoms with E-state index in [0.717, 1.165) is 0 Å². The molecule has 1 rings (SSSR count). The fourth-order valence-corrected chi connectivity index (χ4v) is 2.77. The van der Waals surface area contributed by atoms with Gasteiger partial charge < -0.3 is 9.80 Å². The van der Waals surface area contributed by atoms with Crippen LogP contribution in [0, 0.1) is 0 Å². The fraction of sp³-hybridized carbons (Fsp3) is 0.462. The first-order valence-corrected chi connectivity index (χ1v) is 7.90. The van der Waals surface area contributed by atoms with Gasteiger partial charge in [-0.15, -0.1) is 0 Å². The Morgan fingerprint density at radius 1 is 1.20 bits per heavy atom. The second-order valence-electron chi connectivity index (χ2n) is 4.60. The first-order valence-electron chi connectivity index (χ1n) is 6.35. The molecule has 0 spiro atoms. The van der Waals surface area contributed by atoms with Gasteiger partial charge in [-0.25, -0.2) is 13.6 Å². The minimum absolute atomic E-state index is 0.0412. The molecule has 0 aliphatic rings. The minimum atomic E-state index is -3.89. The maximum atomic E-state index is 12.2. The van der Waals surface area contributed by atoms with Crippen LogP contribution in [-0.4, -0.2) is 46.4 Å². The third kappa shape index (κ3) is 3.49. The predicted octanol–water partition coefficient (Wildman–Crippen LogP) is 0.882. The molecule has 0 heterocycles. The number of benzene rings is 1. The zero-order chi connectivity index (χ0) is 15.5. The van der Waals surface area contributed by atoms with Crippen molar-refractivity contribution in [3.63, 3.8) is 0 Å². The highest BCUT2D eigenvalue weighted by Gasteiger charge is 2.20. The molecular formula is C13H21N3O3S. The number of hydrogen-bond donors (Lipinski definition) is 1. The number of anilines is 1. The molecule has 1 aromatic carbocycles. The molecule has 1 amide bonds. The van der Waals surface area contributed by atoms with E-state index in [9.17, 15) is 13.2 Å². The van der Waals surface area contributed by atoms with Crippen LogP contribution in [0.5, 0.6) is 0 Å². The van der Waals surface area contributed by atoms with Crippen LogP contribution in [0.3, 0.4) is 0 Å². The Balaban J connectivity index is 3.37. The lowest BCUT2D eigenvalue weighted by molar-refractivity contribution is 0.0773. The van der Waals surface area contributed by atoms with E-state index in [2.05, 4.69) is 0 Å². The highest BCUT2D eigenvalue weighted by atomic mass is 32.2. The van der Waals surface area contributed by atoms with E-state index in [0.29, 0.717) is 24.3 Å². The van der Waals surface area contributed by atoms with Gasteiger partial charge in [0.15, 0.2) is 0 Å². The largest absolute Gasteiger partial charge is 0.377 e.